The Bertz CT molecular complexity index is 761. The standard InChI is InChI=1S/C14H14N4OS/c1-10-15-11(9-20-10)7-17(2)14-12(8-19)18-6-4-3-5-13(18)16-14/h3-6,8-9H,7H2,1-2H3. The maximum atomic E-state index is 11.4. The maximum absolute atomic E-state index is 11.4. The van der Waals surface area contributed by atoms with Crippen molar-refractivity contribution in [3.8, 4) is 0 Å². The third-order valence-electron chi connectivity index (χ3n) is 3.09. The van der Waals surface area contributed by atoms with Crippen LogP contribution in [-0.4, -0.2) is 27.7 Å². The van der Waals surface area contributed by atoms with Crippen LogP contribution >= 0.6 is 11.3 Å². The second-order valence-corrected chi connectivity index (χ2v) is 5.64. The number of anilines is 1. The van der Waals surface area contributed by atoms with Gasteiger partial charge in [0.1, 0.15) is 11.3 Å². The quantitative estimate of drug-likeness (QED) is 0.692. The van der Waals surface area contributed by atoms with Gasteiger partial charge in [0.2, 0.25) is 0 Å². The highest BCUT2D eigenvalue weighted by molar-refractivity contribution is 7.09. The minimum absolute atomic E-state index is 0.565. The van der Waals surface area contributed by atoms with Crippen LogP contribution in [0.3, 0.4) is 0 Å². The summed E-state index contributed by atoms with van der Waals surface area (Å²) in [5.74, 6) is 0.678. The zero-order valence-electron chi connectivity index (χ0n) is 11.3. The number of nitrogens with zero attached hydrogens (tertiary/aromatic N) is 4. The monoisotopic (exact) mass is 286 g/mol. The molecule has 0 N–H and O–H groups in total. The summed E-state index contributed by atoms with van der Waals surface area (Å²) in [5.41, 5.74) is 2.32. The Morgan fingerprint density at radius 1 is 1.40 bits per heavy atom. The largest absolute Gasteiger partial charge is 0.352 e. The summed E-state index contributed by atoms with van der Waals surface area (Å²) in [6.45, 7) is 2.62. The predicted octanol–water partition coefficient (Wildman–Crippen LogP) is 2.55. The first kappa shape index (κ1) is 12.8. The lowest BCUT2D eigenvalue weighted by Crippen LogP contribution is -2.18. The summed E-state index contributed by atoms with van der Waals surface area (Å²) in [6, 6.07) is 5.68. The van der Waals surface area contributed by atoms with Gasteiger partial charge in [0.15, 0.2) is 12.1 Å². The number of pyridine rings is 1. The molecule has 0 unspecified atom stereocenters. The normalized spacial score (nSPS) is 10.9. The van der Waals surface area contributed by atoms with Crippen molar-refractivity contribution in [2.45, 2.75) is 13.5 Å². The molecule has 0 saturated heterocycles. The number of aryl methyl sites for hydroxylation is 1. The number of rotatable bonds is 4. The topological polar surface area (TPSA) is 50.5 Å². The van der Waals surface area contributed by atoms with Crippen molar-refractivity contribution in [3.05, 3.63) is 46.2 Å². The van der Waals surface area contributed by atoms with Crippen LogP contribution in [0, 0.1) is 6.92 Å². The molecule has 3 aromatic heterocycles. The second-order valence-electron chi connectivity index (χ2n) is 4.58. The molecule has 20 heavy (non-hydrogen) atoms. The van der Waals surface area contributed by atoms with E-state index in [1.807, 2.05) is 48.6 Å². The van der Waals surface area contributed by atoms with Crippen molar-refractivity contribution in [1.82, 2.24) is 14.4 Å². The molecule has 3 aromatic rings. The molecule has 0 aliphatic carbocycles. The highest BCUT2D eigenvalue weighted by Crippen LogP contribution is 2.21. The fourth-order valence-electron chi connectivity index (χ4n) is 2.19. The number of imidazole rings is 1. The lowest BCUT2D eigenvalue weighted by molar-refractivity contribution is 0.111. The van der Waals surface area contributed by atoms with E-state index in [0.29, 0.717) is 18.1 Å². The molecule has 3 rings (SSSR count). The lowest BCUT2D eigenvalue weighted by atomic mass is 10.4. The van der Waals surface area contributed by atoms with E-state index in [0.717, 1.165) is 22.6 Å². The average Bonchev–Trinajstić information content (AvgIpc) is 3.01. The van der Waals surface area contributed by atoms with Crippen LogP contribution in [0.5, 0.6) is 0 Å². The van der Waals surface area contributed by atoms with Crippen LogP contribution < -0.4 is 4.90 Å². The van der Waals surface area contributed by atoms with E-state index in [9.17, 15) is 4.79 Å². The first-order valence-electron chi connectivity index (χ1n) is 6.23. The number of aromatic nitrogens is 3. The van der Waals surface area contributed by atoms with E-state index in [1.165, 1.54) is 0 Å². The molecule has 0 aliphatic rings. The molecule has 102 valence electrons. The van der Waals surface area contributed by atoms with Gasteiger partial charge >= 0.3 is 0 Å². The number of aldehydes is 1. The summed E-state index contributed by atoms with van der Waals surface area (Å²) in [7, 11) is 1.92. The number of fused-ring (bicyclic) bond motifs is 1. The van der Waals surface area contributed by atoms with Gasteiger partial charge in [0.05, 0.1) is 17.2 Å². The predicted molar refractivity (Wildman–Crippen MR) is 79.5 cm³/mol. The summed E-state index contributed by atoms with van der Waals surface area (Å²) in [6.07, 6.45) is 2.69. The first-order valence-corrected chi connectivity index (χ1v) is 7.11. The molecule has 3 heterocycles. The fourth-order valence-corrected chi connectivity index (χ4v) is 2.80. The lowest BCUT2D eigenvalue weighted by Gasteiger charge is -2.15. The zero-order chi connectivity index (χ0) is 14.1. The molecule has 0 spiro atoms. The van der Waals surface area contributed by atoms with Gasteiger partial charge in [0.25, 0.3) is 0 Å². The van der Waals surface area contributed by atoms with E-state index in [-0.39, 0.29) is 0 Å². The van der Waals surface area contributed by atoms with Gasteiger partial charge in [0, 0.05) is 18.6 Å². The average molecular weight is 286 g/mol. The Balaban J connectivity index is 1.98. The van der Waals surface area contributed by atoms with Gasteiger partial charge in [-0.15, -0.1) is 11.3 Å². The van der Waals surface area contributed by atoms with Crippen LogP contribution in [0.4, 0.5) is 5.82 Å². The Morgan fingerprint density at radius 3 is 2.95 bits per heavy atom. The van der Waals surface area contributed by atoms with Crippen molar-refractivity contribution >= 4 is 29.1 Å². The minimum atomic E-state index is 0.565. The Labute approximate surface area is 120 Å². The Hall–Kier alpha value is -2.21. The van der Waals surface area contributed by atoms with Gasteiger partial charge in [-0.05, 0) is 19.1 Å². The smallest absolute Gasteiger partial charge is 0.170 e. The Kier molecular flexibility index (Phi) is 3.23. The van der Waals surface area contributed by atoms with Crippen LogP contribution in [0.25, 0.3) is 5.65 Å². The van der Waals surface area contributed by atoms with Crippen LogP contribution in [0.1, 0.15) is 21.2 Å². The minimum Gasteiger partial charge on any atom is -0.352 e. The van der Waals surface area contributed by atoms with Gasteiger partial charge in [-0.25, -0.2) is 9.97 Å². The third kappa shape index (κ3) is 2.18. The molecule has 0 aromatic carbocycles. The molecule has 0 amide bonds. The molecule has 0 bridgehead atoms. The zero-order valence-corrected chi connectivity index (χ0v) is 12.1. The number of hydrogen-bond acceptors (Lipinski definition) is 5. The van der Waals surface area contributed by atoms with E-state index < -0.39 is 0 Å². The number of carbonyl (C=O) groups is 1. The summed E-state index contributed by atoms with van der Waals surface area (Å²) in [5, 5.41) is 3.07. The van der Waals surface area contributed by atoms with E-state index in [4.69, 9.17) is 0 Å². The molecule has 5 nitrogen and oxygen atoms in total. The number of thiazole rings is 1. The third-order valence-corrected chi connectivity index (χ3v) is 3.91. The SMILES string of the molecule is Cc1nc(CN(C)c2nc3ccccn3c2C=O)cs1. The molecule has 0 atom stereocenters. The Morgan fingerprint density at radius 2 is 2.25 bits per heavy atom. The van der Waals surface area contributed by atoms with Crippen molar-refractivity contribution < 1.29 is 4.79 Å². The molecule has 0 aliphatic heterocycles. The number of hydrogen-bond donors (Lipinski definition) is 0. The summed E-state index contributed by atoms with van der Waals surface area (Å²) >= 11 is 1.62. The van der Waals surface area contributed by atoms with E-state index in [2.05, 4.69) is 9.97 Å². The van der Waals surface area contributed by atoms with Crippen LogP contribution in [0.2, 0.25) is 0 Å². The van der Waals surface area contributed by atoms with Crippen molar-refractivity contribution in [2.24, 2.45) is 0 Å². The molecular weight excluding hydrogens is 272 g/mol. The van der Waals surface area contributed by atoms with Crippen molar-refractivity contribution in [3.63, 3.8) is 0 Å². The highest BCUT2D eigenvalue weighted by Gasteiger charge is 2.15. The van der Waals surface area contributed by atoms with Crippen LogP contribution in [0.15, 0.2) is 29.8 Å². The molecular formula is C14H14N4OS. The van der Waals surface area contributed by atoms with E-state index in [1.54, 1.807) is 15.7 Å². The molecule has 0 radical (unpaired) electrons. The number of carbonyl (C=O) groups excluding carboxylic acids is 1. The molecule has 6 heteroatoms. The van der Waals surface area contributed by atoms with Crippen LogP contribution in [-0.2, 0) is 6.54 Å². The van der Waals surface area contributed by atoms with Gasteiger partial charge in [-0.1, -0.05) is 6.07 Å². The molecule has 0 fully saturated rings. The summed E-state index contributed by atoms with van der Waals surface area (Å²) < 4.78 is 1.80. The molecule has 0 saturated carbocycles. The van der Waals surface area contributed by atoms with E-state index >= 15 is 0 Å². The maximum Gasteiger partial charge on any atom is 0.170 e. The van der Waals surface area contributed by atoms with Gasteiger partial charge in [-0.3, -0.25) is 9.20 Å². The second kappa shape index (κ2) is 5.05. The van der Waals surface area contributed by atoms with Crippen molar-refractivity contribution in [2.75, 3.05) is 11.9 Å². The van der Waals surface area contributed by atoms with Crippen molar-refractivity contribution in [1.29, 1.82) is 0 Å². The van der Waals surface area contributed by atoms with Gasteiger partial charge in [-0.2, -0.15) is 0 Å². The fraction of sp³-hybridized carbons (Fsp3) is 0.214. The first-order chi connectivity index (χ1) is 9.69. The highest BCUT2D eigenvalue weighted by atomic mass is 32.1. The summed E-state index contributed by atoms with van der Waals surface area (Å²) in [4.78, 5) is 22.3. The van der Waals surface area contributed by atoms with Gasteiger partial charge < -0.3 is 4.90 Å².